The van der Waals surface area contributed by atoms with E-state index in [1.54, 1.807) is 31.3 Å². The lowest BCUT2D eigenvalue weighted by Gasteiger charge is -2.12. The molecule has 0 fully saturated rings. The standard InChI is InChI=1S/C15H17N3O3/c1-4-21-12-6-5-11(8-16-12)18-14-13(15(19)20)9(2)7-10(3)17-14/h5-8H,4H2,1-3H3,(H,17,18)(H,19,20). The Morgan fingerprint density at radius 3 is 2.71 bits per heavy atom. The SMILES string of the molecule is CCOc1ccc(Nc2nc(C)cc(C)c2C(=O)O)cn1. The summed E-state index contributed by atoms with van der Waals surface area (Å²) in [5, 5.41) is 12.3. The van der Waals surface area contributed by atoms with Crippen LogP contribution in [-0.2, 0) is 0 Å². The zero-order valence-electron chi connectivity index (χ0n) is 12.2. The van der Waals surface area contributed by atoms with Gasteiger partial charge in [0.1, 0.15) is 11.4 Å². The molecule has 6 nitrogen and oxygen atoms in total. The van der Waals surface area contributed by atoms with E-state index in [2.05, 4.69) is 15.3 Å². The third-order valence-electron chi connectivity index (χ3n) is 2.85. The Morgan fingerprint density at radius 2 is 2.14 bits per heavy atom. The van der Waals surface area contributed by atoms with E-state index in [0.717, 1.165) is 5.69 Å². The first-order valence-electron chi connectivity index (χ1n) is 6.58. The van der Waals surface area contributed by atoms with Crippen LogP contribution in [0.3, 0.4) is 0 Å². The van der Waals surface area contributed by atoms with E-state index in [-0.39, 0.29) is 5.56 Å². The van der Waals surface area contributed by atoms with Gasteiger partial charge < -0.3 is 15.2 Å². The van der Waals surface area contributed by atoms with Gasteiger partial charge in [0.05, 0.1) is 18.5 Å². The summed E-state index contributed by atoms with van der Waals surface area (Å²) in [5.41, 5.74) is 2.23. The summed E-state index contributed by atoms with van der Waals surface area (Å²) in [6, 6.07) is 5.23. The van der Waals surface area contributed by atoms with Gasteiger partial charge in [0.25, 0.3) is 0 Å². The summed E-state index contributed by atoms with van der Waals surface area (Å²) in [6.45, 7) is 5.99. The normalized spacial score (nSPS) is 10.2. The minimum atomic E-state index is -1.01. The summed E-state index contributed by atoms with van der Waals surface area (Å²) in [4.78, 5) is 19.8. The zero-order valence-corrected chi connectivity index (χ0v) is 12.2. The van der Waals surface area contributed by atoms with Crippen molar-refractivity contribution in [1.82, 2.24) is 9.97 Å². The maximum Gasteiger partial charge on any atom is 0.339 e. The molecule has 0 radical (unpaired) electrons. The number of nitrogens with zero attached hydrogens (tertiary/aromatic N) is 2. The highest BCUT2D eigenvalue weighted by molar-refractivity contribution is 5.95. The molecule has 2 heterocycles. The van der Waals surface area contributed by atoms with Crippen LogP contribution in [0.15, 0.2) is 24.4 Å². The minimum absolute atomic E-state index is 0.162. The highest BCUT2D eigenvalue weighted by atomic mass is 16.5. The number of rotatable bonds is 5. The average Bonchev–Trinajstić information content (AvgIpc) is 2.40. The predicted molar refractivity (Wildman–Crippen MR) is 79.4 cm³/mol. The quantitative estimate of drug-likeness (QED) is 0.879. The van der Waals surface area contributed by atoms with Crippen molar-refractivity contribution in [2.24, 2.45) is 0 Å². The van der Waals surface area contributed by atoms with Crippen molar-refractivity contribution in [3.8, 4) is 5.88 Å². The van der Waals surface area contributed by atoms with Crippen LogP contribution in [0.5, 0.6) is 5.88 Å². The van der Waals surface area contributed by atoms with Crippen LogP contribution in [0.2, 0.25) is 0 Å². The number of carboxylic acid groups (broad SMARTS) is 1. The number of aromatic nitrogens is 2. The van der Waals surface area contributed by atoms with Gasteiger partial charge in [-0.2, -0.15) is 0 Å². The molecule has 0 aliphatic rings. The number of pyridine rings is 2. The zero-order chi connectivity index (χ0) is 15.4. The van der Waals surface area contributed by atoms with Crippen LogP contribution in [-0.4, -0.2) is 27.7 Å². The molecule has 110 valence electrons. The fourth-order valence-electron chi connectivity index (χ4n) is 2.02. The average molecular weight is 287 g/mol. The van der Waals surface area contributed by atoms with E-state index in [1.807, 2.05) is 13.8 Å². The molecule has 2 N–H and O–H groups in total. The molecule has 0 aromatic carbocycles. The van der Waals surface area contributed by atoms with Crippen LogP contribution < -0.4 is 10.1 Å². The molecule has 0 saturated heterocycles. The Bertz CT molecular complexity index is 654. The Balaban J connectivity index is 2.32. The number of aryl methyl sites for hydroxylation is 2. The fourth-order valence-corrected chi connectivity index (χ4v) is 2.02. The summed E-state index contributed by atoms with van der Waals surface area (Å²) in [5.74, 6) is -0.178. The lowest BCUT2D eigenvalue weighted by Crippen LogP contribution is -2.08. The van der Waals surface area contributed by atoms with Crippen molar-refractivity contribution < 1.29 is 14.6 Å². The van der Waals surface area contributed by atoms with Crippen molar-refractivity contribution in [2.75, 3.05) is 11.9 Å². The van der Waals surface area contributed by atoms with E-state index in [0.29, 0.717) is 29.6 Å². The lowest BCUT2D eigenvalue weighted by atomic mass is 10.1. The molecule has 0 aliphatic carbocycles. The maximum absolute atomic E-state index is 11.4. The van der Waals surface area contributed by atoms with Gasteiger partial charge in [-0.1, -0.05) is 0 Å². The first-order valence-corrected chi connectivity index (χ1v) is 6.58. The number of hydrogen-bond donors (Lipinski definition) is 2. The molecule has 0 bridgehead atoms. The molecule has 2 aromatic rings. The molecule has 2 rings (SSSR count). The predicted octanol–water partition coefficient (Wildman–Crippen LogP) is 2.93. The maximum atomic E-state index is 11.4. The van der Waals surface area contributed by atoms with Gasteiger partial charge in [0, 0.05) is 11.8 Å². The molecular weight excluding hydrogens is 270 g/mol. The second kappa shape index (κ2) is 6.21. The Hall–Kier alpha value is -2.63. The topological polar surface area (TPSA) is 84.3 Å². The molecule has 21 heavy (non-hydrogen) atoms. The van der Waals surface area contributed by atoms with Crippen LogP contribution in [0.4, 0.5) is 11.5 Å². The molecule has 0 aliphatic heterocycles. The largest absolute Gasteiger partial charge is 0.478 e. The highest BCUT2D eigenvalue weighted by Gasteiger charge is 2.16. The second-order valence-electron chi connectivity index (χ2n) is 4.55. The van der Waals surface area contributed by atoms with Crippen LogP contribution in [0.25, 0.3) is 0 Å². The third-order valence-corrected chi connectivity index (χ3v) is 2.85. The van der Waals surface area contributed by atoms with Crippen molar-refractivity contribution in [3.05, 3.63) is 41.2 Å². The van der Waals surface area contributed by atoms with E-state index in [9.17, 15) is 9.90 Å². The van der Waals surface area contributed by atoms with E-state index in [4.69, 9.17) is 4.74 Å². The molecular formula is C15H17N3O3. The molecule has 6 heteroatoms. The van der Waals surface area contributed by atoms with Gasteiger partial charge in [0.15, 0.2) is 0 Å². The summed E-state index contributed by atoms with van der Waals surface area (Å²) < 4.78 is 5.26. The number of aromatic carboxylic acids is 1. The van der Waals surface area contributed by atoms with E-state index in [1.165, 1.54) is 0 Å². The Labute approximate surface area is 122 Å². The Morgan fingerprint density at radius 1 is 1.38 bits per heavy atom. The summed E-state index contributed by atoms with van der Waals surface area (Å²) in [7, 11) is 0. The van der Waals surface area contributed by atoms with E-state index < -0.39 is 5.97 Å². The van der Waals surface area contributed by atoms with Gasteiger partial charge in [-0.3, -0.25) is 0 Å². The first-order chi connectivity index (χ1) is 10.0. The number of nitrogens with one attached hydrogen (secondary N) is 1. The van der Waals surface area contributed by atoms with Gasteiger partial charge in [-0.25, -0.2) is 14.8 Å². The van der Waals surface area contributed by atoms with Gasteiger partial charge in [0.2, 0.25) is 5.88 Å². The molecule has 0 unspecified atom stereocenters. The smallest absolute Gasteiger partial charge is 0.339 e. The van der Waals surface area contributed by atoms with Crippen LogP contribution >= 0.6 is 0 Å². The molecule has 0 saturated carbocycles. The molecule has 0 amide bonds. The first kappa shape index (κ1) is 14.8. The van der Waals surface area contributed by atoms with Crippen LogP contribution in [0, 0.1) is 13.8 Å². The van der Waals surface area contributed by atoms with Crippen LogP contribution in [0.1, 0.15) is 28.5 Å². The summed E-state index contributed by atoms with van der Waals surface area (Å²) in [6.07, 6.45) is 1.58. The number of anilines is 2. The third kappa shape index (κ3) is 3.47. The number of ether oxygens (including phenoxy) is 1. The highest BCUT2D eigenvalue weighted by Crippen LogP contribution is 2.23. The number of carboxylic acids is 1. The number of hydrogen-bond acceptors (Lipinski definition) is 5. The number of carbonyl (C=O) groups is 1. The van der Waals surface area contributed by atoms with Crippen molar-refractivity contribution in [1.29, 1.82) is 0 Å². The fraction of sp³-hybridized carbons (Fsp3) is 0.267. The second-order valence-corrected chi connectivity index (χ2v) is 4.55. The molecule has 0 atom stereocenters. The van der Waals surface area contributed by atoms with Crippen molar-refractivity contribution in [3.63, 3.8) is 0 Å². The Kier molecular flexibility index (Phi) is 4.37. The van der Waals surface area contributed by atoms with Crippen molar-refractivity contribution in [2.45, 2.75) is 20.8 Å². The van der Waals surface area contributed by atoms with Gasteiger partial charge in [-0.15, -0.1) is 0 Å². The van der Waals surface area contributed by atoms with Gasteiger partial charge >= 0.3 is 5.97 Å². The van der Waals surface area contributed by atoms with Crippen molar-refractivity contribution >= 4 is 17.5 Å². The minimum Gasteiger partial charge on any atom is -0.478 e. The monoisotopic (exact) mass is 287 g/mol. The lowest BCUT2D eigenvalue weighted by molar-refractivity contribution is 0.0697. The summed E-state index contributed by atoms with van der Waals surface area (Å²) >= 11 is 0. The molecule has 0 spiro atoms. The molecule has 2 aromatic heterocycles. The van der Waals surface area contributed by atoms with Gasteiger partial charge in [-0.05, 0) is 38.5 Å². The van der Waals surface area contributed by atoms with E-state index >= 15 is 0 Å².